The minimum absolute atomic E-state index is 0.0994. The van der Waals surface area contributed by atoms with Gasteiger partial charge in [-0.15, -0.1) is 21.8 Å². The van der Waals surface area contributed by atoms with E-state index in [0.29, 0.717) is 15.6 Å². The average molecular weight is 286 g/mol. The summed E-state index contributed by atoms with van der Waals surface area (Å²) in [5.41, 5.74) is 0.522. The first-order valence-electron chi connectivity index (χ1n) is 4.87. The SMILES string of the molecule is COc1ccc(-c2nnc(CCl)s2)cc1[N+](=O)[O-]. The van der Waals surface area contributed by atoms with Crippen LogP contribution in [-0.2, 0) is 5.88 Å². The zero-order valence-corrected chi connectivity index (χ0v) is 10.9. The second kappa shape index (κ2) is 5.28. The molecule has 0 radical (unpaired) electrons. The summed E-state index contributed by atoms with van der Waals surface area (Å²) >= 11 is 6.94. The molecule has 18 heavy (non-hydrogen) atoms. The van der Waals surface area contributed by atoms with Crippen molar-refractivity contribution in [3.63, 3.8) is 0 Å². The number of hydrogen-bond acceptors (Lipinski definition) is 6. The minimum Gasteiger partial charge on any atom is -0.490 e. The number of hydrogen-bond donors (Lipinski definition) is 0. The van der Waals surface area contributed by atoms with Gasteiger partial charge in [0.1, 0.15) is 10.0 Å². The molecule has 0 saturated carbocycles. The Balaban J connectivity index is 2.46. The molecule has 0 atom stereocenters. The van der Waals surface area contributed by atoms with E-state index in [2.05, 4.69) is 10.2 Å². The van der Waals surface area contributed by atoms with Gasteiger partial charge < -0.3 is 4.74 Å². The zero-order chi connectivity index (χ0) is 13.1. The molecule has 0 bridgehead atoms. The number of methoxy groups -OCH3 is 1. The van der Waals surface area contributed by atoms with E-state index >= 15 is 0 Å². The van der Waals surface area contributed by atoms with Crippen LogP contribution in [0.5, 0.6) is 5.75 Å². The molecule has 8 heteroatoms. The maximum atomic E-state index is 10.9. The number of nitro benzene ring substituents is 1. The van der Waals surface area contributed by atoms with Crippen LogP contribution in [0.15, 0.2) is 18.2 Å². The number of nitrogens with zero attached hydrogens (tertiary/aromatic N) is 3. The number of nitro groups is 1. The Hall–Kier alpha value is -1.73. The van der Waals surface area contributed by atoms with Gasteiger partial charge in [0.15, 0.2) is 5.75 Å². The Labute approximate surface area is 111 Å². The van der Waals surface area contributed by atoms with Crippen molar-refractivity contribution in [3.05, 3.63) is 33.3 Å². The lowest BCUT2D eigenvalue weighted by molar-refractivity contribution is -0.385. The second-order valence-electron chi connectivity index (χ2n) is 3.28. The highest BCUT2D eigenvalue weighted by molar-refractivity contribution is 7.14. The molecule has 6 nitrogen and oxygen atoms in total. The maximum Gasteiger partial charge on any atom is 0.311 e. The monoisotopic (exact) mass is 285 g/mol. The minimum atomic E-state index is -0.494. The van der Waals surface area contributed by atoms with Crippen LogP contribution in [0.1, 0.15) is 5.01 Å². The highest BCUT2D eigenvalue weighted by Gasteiger charge is 2.17. The quantitative estimate of drug-likeness (QED) is 0.490. The molecule has 2 rings (SSSR count). The Morgan fingerprint density at radius 1 is 1.50 bits per heavy atom. The Kier molecular flexibility index (Phi) is 3.73. The van der Waals surface area contributed by atoms with Crippen LogP contribution >= 0.6 is 22.9 Å². The molecule has 0 aliphatic rings. The van der Waals surface area contributed by atoms with Crippen molar-refractivity contribution >= 4 is 28.6 Å². The van der Waals surface area contributed by atoms with Crippen LogP contribution < -0.4 is 4.74 Å². The van der Waals surface area contributed by atoms with Gasteiger partial charge in [-0.2, -0.15) is 0 Å². The molecule has 0 saturated heterocycles. The van der Waals surface area contributed by atoms with Gasteiger partial charge in [0.05, 0.1) is 17.9 Å². The van der Waals surface area contributed by atoms with E-state index in [0.717, 1.165) is 0 Å². The molecular weight excluding hydrogens is 278 g/mol. The highest BCUT2D eigenvalue weighted by atomic mass is 35.5. The third-order valence-electron chi connectivity index (χ3n) is 2.20. The Morgan fingerprint density at radius 3 is 2.83 bits per heavy atom. The van der Waals surface area contributed by atoms with Crippen molar-refractivity contribution in [3.8, 4) is 16.3 Å². The molecule has 1 heterocycles. The van der Waals surface area contributed by atoms with Crippen molar-refractivity contribution in [2.75, 3.05) is 7.11 Å². The lowest BCUT2D eigenvalue weighted by Gasteiger charge is -2.02. The fourth-order valence-corrected chi connectivity index (χ4v) is 2.29. The summed E-state index contributed by atoms with van der Waals surface area (Å²) in [6.45, 7) is 0. The lowest BCUT2D eigenvalue weighted by atomic mass is 10.2. The molecule has 1 aromatic heterocycles. The predicted octanol–water partition coefficient (Wildman–Crippen LogP) is 2.86. The van der Waals surface area contributed by atoms with Gasteiger partial charge in [-0.05, 0) is 12.1 Å². The van der Waals surface area contributed by atoms with E-state index in [1.165, 1.54) is 30.6 Å². The third kappa shape index (κ3) is 2.41. The molecule has 1 aromatic carbocycles. The first-order chi connectivity index (χ1) is 8.65. The lowest BCUT2D eigenvalue weighted by Crippen LogP contribution is -1.94. The van der Waals surface area contributed by atoms with E-state index in [1.54, 1.807) is 6.07 Å². The van der Waals surface area contributed by atoms with Gasteiger partial charge in [-0.25, -0.2) is 0 Å². The first kappa shape index (κ1) is 12.7. The number of halogens is 1. The Bertz CT molecular complexity index is 587. The van der Waals surface area contributed by atoms with Crippen molar-refractivity contribution in [2.24, 2.45) is 0 Å². The second-order valence-corrected chi connectivity index (χ2v) is 4.61. The van der Waals surface area contributed by atoms with Crippen LogP contribution in [0.3, 0.4) is 0 Å². The fourth-order valence-electron chi connectivity index (χ4n) is 1.39. The molecule has 94 valence electrons. The molecule has 2 aromatic rings. The summed E-state index contributed by atoms with van der Waals surface area (Å²) in [5.74, 6) is 0.487. The van der Waals surface area contributed by atoms with Gasteiger partial charge in [-0.3, -0.25) is 10.1 Å². The molecular formula is C10H8ClN3O3S. The van der Waals surface area contributed by atoms with Crippen LogP contribution in [0.25, 0.3) is 10.6 Å². The molecule has 0 aliphatic heterocycles. The summed E-state index contributed by atoms with van der Waals surface area (Å²) < 4.78 is 4.93. The summed E-state index contributed by atoms with van der Waals surface area (Å²) in [4.78, 5) is 10.4. The smallest absolute Gasteiger partial charge is 0.311 e. The van der Waals surface area contributed by atoms with Gasteiger partial charge in [0.25, 0.3) is 0 Å². The molecule has 0 amide bonds. The zero-order valence-electron chi connectivity index (χ0n) is 9.29. The molecule has 0 N–H and O–H groups in total. The standard InChI is InChI=1S/C10H8ClN3O3S/c1-17-8-3-2-6(4-7(8)14(15)16)10-13-12-9(5-11)18-10/h2-4H,5H2,1H3. The average Bonchev–Trinajstić information content (AvgIpc) is 2.86. The highest BCUT2D eigenvalue weighted by Crippen LogP contribution is 2.33. The van der Waals surface area contributed by atoms with Gasteiger partial charge >= 0.3 is 5.69 Å². The van der Waals surface area contributed by atoms with Gasteiger partial charge in [0.2, 0.25) is 0 Å². The fraction of sp³-hybridized carbons (Fsp3) is 0.200. The Morgan fingerprint density at radius 2 is 2.28 bits per heavy atom. The predicted molar refractivity (Wildman–Crippen MR) is 68.1 cm³/mol. The number of rotatable bonds is 4. The number of alkyl halides is 1. The van der Waals surface area contributed by atoms with Crippen LogP contribution in [0.4, 0.5) is 5.69 Å². The molecule has 0 aliphatic carbocycles. The van der Waals surface area contributed by atoms with Crippen molar-refractivity contribution < 1.29 is 9.66 Å². The number of aromatic nitrogens is 2. The molecule has 0 fully saturated rings. The topological polar surface area (TPSA) is 78.2 Å². The van der Waals surface area contributed by atoms with Crippen LogP contribution in [-0.4, -0.2) is 22.2 Å². The van der Waals surface area contributed by atoms with Crippen LogP contribution in [0, 0.1) is 10.1 Å². The summed E-state index contributed by atoms with van der Waals surface area (Å²) in [5, 5.41) is 20.0. The molecule has 0 spiro atoms. The van der Waals surface area contributed by atoms with Gasteiger partial charge in [-0.1, -0.05) is 11.3 Å². The third-order valence-corrected chi connectivity index (χ3v) is 3.59. The molecule has 0 unspecified atom stereocenters. The van der Waals surface area contributed by atoms with E-state index < -0.39 is 4.92 Å². The van der Waals surface area contributed by atoms with E-state index in [1.807, 2.05) is 0 Å². The van der Waals surface area contributed by atoms with E-state index in [-0.39, 0.29) is 17.3 Å². The van der Waals surface area contributed by atoms with E-state index in [4.69, 9.17) is 16.3 Å². The van der Waals surface area contributed by atoms with Crippen LogP contribution in [0.2, 0.25) is 0 Å². The largest absolute Gasteiger partial charge is 0.490 e. The van der Waals surface area contributed by atoms with Crippen molar-refractivity contribution in [2.45, 2.75) is 5.88 Å². The number of ether oxygens (including phenoxy) is 1. The first-order valence-corrected chi connectivity index (χ1v) is 6.22. The summed E-state index contributed by atoms with van der Waals surface area (Å²) in [6.07, 6.45) is 0. The van der Waals surface area contributed by atoms with Gasteiger partial charge in [0, 0.05) is 11.6 Å². The van der Waals surface area contributed by atoms with Crippen molar-refractivity contribution in [1.82, 2.24) is 10.2 Å². The normalized spacial score (nSPS) is 10.3. The van der Waals surface area contributed by atoms with Crippen molar-refractivity contribution in [1.29, 1.82) is 0 Å². The van der Waals surface area contributed by atoms with E-state index in [9.17, 15) is 10.1 Å². The summed E-state index contributed by atoms with van der Waals surface area (Å²) in [7, 11) is 1.39. The number of benzene rings is 1. The summed E-state index contributed by atoms with van der Waals surface area (Å²) in [6, 6.07) is 4.65. The maximum absolute atomic E-state index is 10.9.